The van der Waals surface area contributed by atoms with Crippen molar-refractivity contribution in [1.82, 2.24) is 4.90 Å². The van der Waals surface area contributed by atoms with Crippen molar-refractivity contribution >= 4 is 11.9 Å². The molecule has 5 nitrogen and oxygen atoms in total. The Balaban J connectivity index is 1.49. The number of carbonyl (C=O) groups is 2. The van der Waals surface area contributed by atoms with Gasteiger partial charge in [0.25, 0.3) is 5.91 Å². The zero-order chi connectivity index (χ0) is 26.9. The molecule has 4 rings (SSSR count). The Kier molecular flexibility index (Phi) is 9.07. The highest BCUT2D eigenvalue weighted by atomic mass is 16.6. The van der Waals surface area contributed by atoms with Gasteiger partial charge < -0.3 is 14.4 Å². The summed E-state index contributed by atoms with van der Waals surface area (Å²) in [5.41, 5.74) is 6.91. The van der Waals surface area contributed by atoms with Crippen LogP contribution in [0.15, 0.2) is 103 Å². The summed E-state index contributed by atoms with van der Waals surface area (Å²) in [5.74, 6) is -0.416. The molecule has 0 saturated carbocycles. The van der Waals surface area contributed by atoms with E-state index in [0.29, 0.717) is 25.1 Å². The Bertz CT molecular complexity index is 1370. The molecular weight excluding hydrogens is 474 g/mol. The van der Waals surface area contributed by atoms with Crippen LogP contribution in [-0.2, 0) is 27.2 Å². The minimum absolute atomic E-state index is 0.0342. The lowest BCUT2D eigenvalue weighted by atomic mass is 9.94. The molecule has 38 heavy (non-hydrogen) atoms. The van der Waals surface area contributed by atoms with E-state index in [1.165, 1.54) is 7.11 Å². The van der Waals surface area contributed by atoms with Crippen molar-refractivity contribution in [3.05, 3.63) is 120 Å². The lowest BCUT2D eigenvalue weighted by Gasteiger charge is -2.19. The molecule has 0 unspecified atom stereocenters. The van der Waals surface area contributed by atoms with Crippen LogP contribution >= 0.6 is 0 Å². The van der Waals surface area contributed by atoms with Crippen LogP contribution in [0.4, 0.5) is 0 Å². The van der Waals surface area contributed by atoms with Crippen LogP contribution < -0.4 is 0 Å². The average molecular weight is 508 g/mol. The van der Waals surface area contributed by atoms with E-state index in [4.69, 9.17) is 9.47 Å². The molecule has 0 fully saturated rings. The van der Waals surface area contributed by atoms with Crippen LogP contribution in [0.25, 0.3) is 22.3 Å². The lowest BCUT2D eigenvalue weighted by molar-refractivity contribution is -0.153. The molecule has 0 aliphatic rings. The van der Waals surface area contributed by atoms with E-state index in [0.717, 1.165) is 33.4 Å². The van der Waals surface area contributed by atoms with Crippen LogP contribution in [0.2, 0.25) is 0 Å². The number of hydrogen-bond donors (Lipinski definition) is 0. The number of esters is 1. The van der Waals surface area contributed by atoms with Gasteiger partial charge >= 0.3 is 5.97 Å². The SMILES string of the molecule is CCO[C@@H](Cc1ccccc1-c1cccc(CN(C)C(=O)c2ccc(-c3ccccc3)cc2)c1)C(=O)OC. The van der Waals surface area contributed by atoms with Gasteiger partial charge in [0, 0.05) is 32.2 Å². The molecule has 194 valence electrons. The first-order chi connectivity index (χ1) is 18.5. The molecule has 0 radical (unpaired) electrons. The topological polar surface area (TPSA) is 55.8 Å². The van der Waals surface area contributed by atoms with E-state index < -0.39 is 6.10 Å². The van der Waals surface area contributed by atoms with Gasteiger partial charge in [-0.1, -0.05) is 84.9 Å². The number of methoxy groups -OCH3 is 1. The standard InChI is InChI=1S/C33H33NO4/c1-4-38-31(33(36)37-3)22-29-14-8-9-16-30(29)28-15-10-11-24(21-28)23-34(2)32(35)27-19-17-26(18-20-27)25-12-6-5-7-13-25/h5-21,31H,4,22-23H2,1-3H3/t31-/m0/s1. The molecule has 0 aliphatic carbocycles. The molecule has 1 amide bonds. The maximum absolute atomic E-state index is 13.1. The molecule has 4 aromatic carbocycles. The normalized spacial score (nSPS) is 11.6. The molecule has 0 heterocycles. The van der Waals surface area contributed by atoms with E-state index in [1.807, 2.05) is 98.9 Å². The molecule has 4 aromatic rings. The number of hydrogen-bond acceptors (Lipinski definition) is 4. The molecule has 0 aromatic heterocycles. The summed E-state index contributed by atoms with van der Waals surface area (Å²) in [7, 11) is 3.19. The highest BCUT2D eigenvalue weighted by molar-refractivity contribution is 5.94. The fraction of sp³-hybridized carbons (Fsp3) is 0.212. The van der Waals surface area contributed by atoms with Crippen LogP contribution in [0, 0.1) is 0 Å². The zero-order valence-corrected chi connectivity index (χ0v) is 22.1. The first kappa shape index (κ1) is 26.8. The number of amides is 1. The van der Waals surface area contributed by atoms with Crippen molar-refractivity contribution in [2.45, 2.75) is 26.0 Å². The van der Waals surface area contributed by atoms with Crippen LogP contribution in [-0.4, -0.2) is 43.6 Å². The molecule has 0 aliphatic heterocycles. The Labute approximate surface area is 224 Å². The van der Waals surface area contributed by atoms with Crippen LogP contribution in [0.5, 0.6) is 0 Å². The molecule has 5 heteroatoms. The fourth-order valence-electron chi connectivity index (χ4n) is 4.56. The minimum atomic E-state index is -0.661. The third-order valence-electron chi connectivity index (χ3n) is 6.50. The first-order valence-corrected chi connectivity index (χ1v) is 12.8. The largest absolute Gasteiger partial charge is 0.467 e. The summed E-state index contributed by atoms with van der Waals surface area (Å²) in [6.45, 7) is 2.76. The number of nitrogens with zero attached hydrogens (tertiary/aromatic N) is 1. The van der Waals surface area contributed by atoms with E-state index in [2.05, 4.69) is 18.2 Å². The molecule has 0 saturated heterocycles. The quantitative estimate of drug-likeness (QED) is 0.233. The van der Waals surface area contributed by atoms with Crippen molar-refractivity contribution < 1.29 is 19.1 Å². The first-order valence-electron chi connectivity index (χ1n) is 12.8. The van der Waals surface area contributed by atoms with Gasteiger partial charge in [-0.25, -0.2) is 4.79 Å². The summed E-state index contributed by atoms with van der Waals surface area (Å²) in [4.78, 5) is 27.1. The summed E-state index contributed by atoms with van der Waals surface area (Å²) < 4.78 is 10.6. The molecule has 0 N–H and O–H groups in total. The Morgan fingerprint density at radius 1 is 0.789 bits per heavy atom. The van der Waals surface area contributed by atoms with Crippen molar-refractivity contribution in [1.29, 1.82) is 0 Å². The Hall–Kier alpha value is -4.22. The highest BCUT2D eigenvalue weighted by Gasteiger charge is 2.21. The average Bonchev–Trinajstić information content (AvgIpc) is 2.97. The monoisotopic (exact) mass is 507 g/mol. The number of ether oxygens (including phenoxy) is 2. The summed E-state index contributed by atoms with van der Waals surface area (Å²) in [6, 6.07) is 34.0. The number of rotatable bonds is 10. The van der Waals surface area contributed by atoms with E-state index in [1.54, 1.807) is 4.90 Å². The van der Waals surface area contributed by atoms with Gasteiger partial charge in [-0.2, -0.15) is 0 Å². The molecule has 0 spiro atoms. The predicted octanol–water partition coefficient (Wildman–Crippen LogP) is 6.41. The second-order valence-corrected chi connectivity index (χ2v) is 9.13. The Morgan fingerprint density at radius 3 is 2.16 bits per heavy atom. The van der Waals surface area contributed by atoms with Gasteiger partial charge in [-0.3, -0.25) is 4.79 Å². The lowest BCUT2D eigenvalue weighted by Crippen LogP contribution is -2.28. The third kappa shape index (κ3) is 6.55. The van der Waals surface area contributed by atoms with Crippen molar-refractivity contribution in [2.75, 3.05) is 20.8 Å². The smallest absolute Gasteiger partial charge is 0.335 e. The van der Waals surface area contributed by atoms with Crippen LogP contribution in [0.3, 0.4) is 0 Å². The molecule has 1 atom stereocenters. The maximum atomic E-state index is 13.1. The summed E-state index contributed by atoms with van der Waals surface area (Å²) in [5, 5.41) is 0. The maximum Gasteiger partial charge on any atom is 0.335 e. The third-order valence-corrected chi connectivity index (χ3v) is 6.50. The van der Waals surface area contributed by atoms with E-state index in [9.17, 15) is 9.59 Å². The van der Waals surface area contributed by atoms with Gasteiger partial charge in [-0.15, -0.1) is 0 Å². The summed E-state index contributed by atoms with van der Waals surface area (Å²) >= 11 is 0. The molecule has 0 bridgehead atoms. The minimum Gasteiger partial charge on any atom is -0.467 e. The number of carbonyl (C=O) groups excluding carboxylic acids is 2. The predicted molar refractivity (Wildman–Crippen MR) is 151 cm³/mol. The fourth-order valence-corrected chi connectivity index (χ4v) is 4.56. The second-order valence-electron chi connectivity index (χ2n) is 9.13. The zero-order valence-electron chi connectivity index (χ0n) is 22.1. The van der Waals surface area contributed by atoms with E-state index >= 15 is 0 Å². The molecular formula is C33H33NO4. The number of benzene rings is 4. The Morgan fingerprint density at radius 2 is 1.45 bits per heavy atom. The van der Waals surface area contributed by atoms with E-state index in [-0.39, 0.29) is 11.9 Å². The van der Waals surface area contributed by atoms with Crippen molar-refractivity contribution in [2.24, 2.45) is 0 Å². The van der Waals surface area contributed by atoms with Crippen molar-refractivity contribution in [3.63, 3.8) is 0 Å². The van der Waals surface area contributed by atoms with Gasteiger partial charge in [0.2, 0.25) is 0 Å². The van der Waals surface area contributed by atoms with Crippen LogP contribution in [0.1, 0.15) is 28.4 Å². The van der Waals surface area contributed by atoms with Gasteiger partial charge in [-0.05, 0) is 58.5 Å². The van der Waals surface area contributed by atoms with Crippen molar-refractivity contribution in [3.8, 4) is 22.3 Å². The highest BCUT2D eigenvalue weighted by Crippen LogP contribution is 2.27. The van der Waals surface area contributed by atoms with Gasteiger partial charge in [0.1, 0.15) is 0 Å². The summed E-state index contributed by atoms with van der Waals surface area (Å²) in [6.07, 6.45) is -0.246. The van der Waals surface area contributed by atoms with Gasteiger partial charge in [0.05, 0.1) is 7.11 Å². The van der Waals surface area contributed by atoms with Gasteiger partial charge in [0.15, 0.2) is 6.10 Å². The second kappa shape index (κ2) is 12.8.